The number of non-ortho nitro benzene ring substituents is 1. The summed E-state index contributed by atoms with van der Waals surface area (Å²) in [4.78, 5) is 22.7. The van der Waals surface area contributed by atoms with Crippen molar-refractivity contribution in [3.8, 4) is 5.75 Å². The van der Waals surface area contributed by atoms with E-state index < -0.39 is 17.0 Å². The van der Waals surface area contributed by atoms with Crippen LogP contribution in [0.25, 0.3) is 0 Å². The maximum Gasteiger partial charge on any atom is 0.341 e. The fourth-order valence-corrected chi connectivity index (χ4v) is 2.99. The average molecular weight is 432 g/mol. The van der Waals surface area contributed by atoms with Gasteiger partial charge in [0, 0.05) is 22.2 Å². The minimum Gasteiger partial charge on any atom is -0.480 e. The van der Waals surface area contributed by atoms with Gasteiger partial charge in [0.2, 0.25) is 0 Å². The lowest BCUT2D eigenvalue weighted by Crippen LogP contribution is -2.13. The molecule has 3 aromatic carbocycles. The number of methoxy groups -OCH3 is 1. The van der Waals surface area contributed by atoms with E-state index in [0.29, 0.717) is 10.0 Å². The molecule has 0 heterocycles. The van der Waals surface area contributed by atoms with E-state index in [4.69, 9.17) is 32.7 Å². The van der Waals surface area contributed by atoms with Crippen molar-refractivity contribution in [2.45, 2.75) is 6.10 Å². The molecule has 3 rings (SSSR count). The predicted molar refractivity (Wildman–Crippen MR) is 110 cm³/mol. The number of carbonyl (C=O) groups is 1. The van der Waals surface area contributed by atoms with Crippen LogP contribution in [0.1, 0.15) is 27.6 Å². The lowest BCUT2D eigenvalue weighted by atomic mass is 10.0. The Kier molecular flexibility index (Phi) is 6.36. The van der Waals surface area contributed by atoms with Gasteiger partial charge in [-0.2, -0.15) is 0 Å². The lowest BCUT2D eigenvalue weighted by Gasteiger charge is -2.21. The summed E-state index contributed by atoms with van der Waals surface area (Å²) >= 11 is 12.0. The molecule has 0 unspecified atom stereocenters. The van der Waals surface area contributed by atoms with Crippen molar-refractivity contribution in [2.75, 3.05) is 7.11 Å². The van der Waals surface area contributed by atoms with Crippen LogP contribution in [-0.4, -0.2) is 18.0 Å². The highest BCUT2D eigenvalue weighted by molar-refractivity contribution is 6.30. The zero-order valence-corrected chi connectivity index (χ0v) is 16.7. The van der Waals surface area contributed by atoms with E-state index in [-0.39, 0.29) is 17.0 Å². The number of ether oxygens (including phenoxy) is 2. The molecule has 0 amide bonds. The summed E-state index contributed by atoms with van der Waals surface area (Å²) < 4.78 is 10.9. The van der Waals surface area contributed by atoms with Crippen LogP contribution in [-0.2, 0) is 4.74 Å². The molecule has 0 aliphatic heterocycles. The number of nitrogens with zero attached hydrogens (tertiary/aromatic N) is 1. The number of halogens is 2. The summed E-state index contributed by atoms with van der Waals surface area (Å²) in [5, 5.41) is 12.2. The van der Waals surface area contributed by atoms with Gasteiger partial charge in [0.05, 0.1) is 12.0 Å². The molecule has 0 aliphatic carbocycles. The Morgan fingerprint density at radius 1 is 0.931 bits per heavy atom. The molecule has 0 saturated carbocycles. The van der Waals surface area contributed by atoms with Crippen LogP contribution in [0, 0.1) is 10.1 Å². The molecule has 0 radical (unpaired) electrons. The van der Waals surface area contributed by atoms with Gasteiger partial charge >= 0.3 is 5.97 Å². The van der Waals surface area contributed by atoms with Gasteiger partial charge in [-0.05, 0) is 41.5 Å². The van der Waals surface area contributed by atoms with Crippen LogP contribution in [0.3, 0.4) is 0 Å². The zero-order valence-electron chi connectivity index (χ0n) is 15.2. The first-order valence-electron chi connectivity index (χ1n) is 8.43. The fraction of sp³-hybridized carbons (Fsp3) is 0.0952. The maximum absolute atomic E-state index is 12.2. The molecular formula is C21H15Cl2NO5. The first kappa shape index (κ1) is 20.6. The van der Waals surface area contributed by atoms with Gasteiger partial charge in [0.25, 0.3) is 5.69 Å². The monoisotopic (exact) mass is 431 g/mol. The Morgan fingerprint density at radius 2 is 1.45 bits per heavy atom. The van der Waals surface area contributed by atoms with Crippen LogP contribution in [0.2, 0.25) is 10.0 Å². The van der Waals surface area contributed by atoms with Gasteiger partial charge in [-0.15, -0.1) is 0 Å². The molecule has 0 N–H and O–H groups in total. The number of hydrogen-bond acceptors (Lipinski definition) is 5. The topological polar surface area (TPSA) is 78.7 Å². The number of carbonyl (C=O) groups excluding carboxylic acids is 1. The van der Waals surface area contributed by atoms with Gasteiger partial charge in [0.15, 0.2) is 0 Å². The Balaban J connectivity index is 2.08. The Labute approximate surface area is 176 Å². The van der Waals surface area contributed by atoms with Crippen molar-refractivity contribution in [1.29, 1.82) is 0 Å². The summed E-state index contributed by atoms with van der Waals surface area (Å²) in [6.45, 7) is 0. The SMILES string of the molecule is COC(=O)c1cc([N+](=O)[O-])ccc1OC(c1ccc(Cl)cc1)c1ccc(Cl)cc1. The highest BCUT2D eigenvalue weighted by atomic mass is 35.5. The molecule has 0 atom stereocenters. The van der Waals surface area contributed by atoms with E-state index >= 15 is 0 Å². The van der Waals surface area contributed by atoms with Crippen molar-refractivity contribution < 1.29 is 19.2 Å². The quantitative estimate of drug-likeness (QED) is 0.277. The molecule has 148 valence electrons. The molecule has 0 aliphatic rings. The molecule has 29 heavy (non-hydrogen) atoms. The zero-order chi connectivity index (χ0) is 21.0. The highest BCUT2D eigenvalue weighted by Gasteiger charge is 2.23. The van der Waals surface area contributed by atoms with E-state index in [1.807, 2.05) is 0 Å². The number of esters is 1. The van der Waals surface area contributed by atoms with Crippen molar-refractivity contribution in [1.82, 2.24) is 0 Å². The summed E-state index contributed by atoms with van der Waals surface area (Å²) in [6, 6.07) is 17.8. The van der Waals surface area contributed by atoms with Crippen LogP contribution in [0.15, 0.2) is 66.7 Å². The predicted octanol–water partition coefficient (Wildman–Crippen LogP) is 5.86. The molecular weight excluding hydrogens is 417 g/mol. The van der Waals surface area contributed by atoms with Crippen molar-refractivity contribution in [2.24, 2.45) is 0 Å². The van der Waals surface area contributed by atoms with Crippen molar-refractivity contribution >= 4 is 34.9 Å². The van der Waals surface area contributed by atoms with E-state index in [2.05, 4.69) is 0 Å². The van der Waals surface area contributed by atoms with Gasteiger partial charge in [-0.1, -0.05) is 47.5 Å². The smallest absolute Gasteiger partial charge is 0.341 e. The molecule has 8 heteroatoms. The second kappa shape index (κ2) is 8.94. The Bertz CT molecular complexity index is 990. The Morgan fingerprint density at radius 3 is 1.90 bits per heavy atom. The lowest BCUT2D eigenvalue weighted by molar-refractivity contribution is -0.384. The highest BCUT2D eigenvalue weighted by Crippen LogP contribution is 2.33. The van der Waals surface area contributed by atoms with Crippen molar-refractivity contribution in [3.05, 3.63) is 104 Å². The Hall–Kier alpha value is -3.09. The van der Waals surface area contributed by atoms with E-state index in [1.165, 1.54) is 19.2 Å². The van der Waals surface area contributed by atoms with E-state index in [0.717, 1.165) is 17.2 Å². The molecule has 3 aromatic rings. The summed E-state index contributed by atoms with van der Waals surface area (Å²) in [5.41, 5.74) is 1.25. The fourth-order valence-electron chi connectivity index (χ4n) is 2.73. The van der Waals surface area contributed by atoms with Crippen LogP contribution < -0.4 is 4.74 Å². The third kappa shape index (κ3) is 4.85. The summed E-state index contributed by atoms with van der Waals surface area (Å²) in [5.74, 6) is -0.591. The summed E-state index contributed by atoms with van der Waals surface area (Å²) in [7, 11) is 1.20. The van der Waals surface area contributed by atoms with Gasteiger partial charge in [-0.3, -0.25) is 10.1 Å². The number of hydrogen-bond donors (Lipinski definition) is 0. The van der Waals surface area contributed by atoms with Gasteiger partial charge in [-0.25, -0.2) is 4.79 Å². The van der Waals surface area contributed by atoms with Crippen molar-refractivity contribution in [3.63, 3.8) is 0 Å². The number of benzene rings is 3. The second-order valence-electron chi connectivity index (χ2n) is 6.03. The molecule has 6 nitrogen and oxygen atoms in total. The van der Waals surface area contributed by atoms with Crippen LogP contribution >= 0.6 is 23.2 Å². The number of nitro groups is 1. The maximum atomic E-state index is 12.2. The first-order chi connectivity index (χ1) is 13.9. The third-order valence-corrected chi connectivity index (χ3v) is 4.67. The summed E-state index contributed by atoms with van der Waals surface area (Å²) in [6.07, 6.45) is -0.616. The van der Waals surface area contributed by atoms with Gasteiger partial charge in [0.1, 0.15) is 17.4 Å². The molecule has 0 fully saturated rings. The van der Waals surface area contributed by atoms with Crippen LogP contribution in [0.5, 0.6) is 5.75 Å². The van der Waals surface area contributed by atoms with Gasteiger partial charge < -0.3 is 9.47 Å². The number of rotatable bonds is 6. The minimum absolute atomic E-state index is 0.0466. The normalized spacial score (nSPS) is 10.6. The molecule has 0 saturated heterocycles. The van der Waals surface area contributed by atoms with E-state index in [9.17, 15) is 14.9 Å². The molecule has 0 aromatic heterocycles. The first-order valence-corrected chi connectivity index (χ1v) is 9.19. The third-order valence-electron chi connectivity index (χ3n) is 4.17. The molecule has 0 bridgehead atoms. The molecule has 0 spiro atoms. The number of nitro benzene ring substituents is 1. The second-order valence-corrected chi connectivity index (χ2v) is 6.90. The van der Waals surface area contributed by atoms with Crippen LogP contribution in [0.4, 0.5) is 5.69 Å². The average Bonchev–Trinajstić information content (AvgIpc) is 2.73. The minimum atomic E-state index is -0.741. The van der Waals surface area contributed by atoms with E-state index in [1.54, 1.807) is 48.5 Å². The largest absolute Gasteiger partial charge is 0.480 e. The standard InChI is InChI=1S/C21H15Cl2NO5/c1-28-21(25)18-12-17(24(26)27)10-11-19(18)29-20(13-2-6-15(22)7-3-13)14-4-8-16(23)9-5-14/h2-12,20H,1H3.